The number of ether oxygens (including phenoxy) is 1. The summed E-state index contributed by atoms with van der Waals surface area (Å²) in [7, 11) is 0. The fourth-order valence-electron chi connectivity index (χ4n) is 2.25. The summed E-state index contributed by atoms with van der Waals surface area (Å²) >= 11 is 12.5. The highest BCUT2D eigenvalue weighted by Crippen LogP contribution is 2.35. The number of aldehydes is 1. The van der Waals surface area contributed by atoms with Gasteiger partial charge in [0.2, 0.25) is 0 Å². The lowest BCUT2D eigenvalue weighted by atomic mass is 10.1. The van der Waals surface area contributed by atoms with Crippen molar-refractivity contribution in [3.05, 3.63) is 82.3 Å². The molecule has 0 fully saturated rings. The first kappa shape index (κ1) is 25.0. The topological polar surface area (TPSA) is 51.5 Å². The van der Waals surface area contributed by atoms with E-state index in [1.165, 1.54) is 11.8 Å². The van der Waals surface area contributed by atoms with E-state index < -0.39 is 0 Å². The monoisotopic (exact) mass is 451 g/mol. The molecule has 0 amide bonds. The van der Waals surface area contributed by atoms with Crippen molar-refractivity contribution in [1.82, 2.24) is 5.32 Å². The Hall–Kier alpha value is -2.02. The largest absolute Gasteiger partial charge is 0.486 e. The van der Waals surface area contributed by atoms with Gasteiger partial charge in [-0.05, 0) is 37.3 Å². The molecule has 2 heterocycles. The molecule has 0 bridgehead atoms. The van der Waals surface area contributed by atoms with E-state index in [-0.39, 0.29) is 6.10 Å². The standard InChI is InChI=1S/C16H16ClNO2S2.C4H4O.C2H6/c1-2-18-16(21)22-12(10-19)9-11-7-8-15(20-11)13-5-3-4-6-14(13)17;1-2-4-5-3-1;1-2/h3-7,9-10,15H,2,8H2,1H3,(H,18,21);1-4H;1-2H3/b12-9-;;. The minimum absolute atomic E-state index is 0.112. The molecule has 0 saturated carbocycles. The minimum atomic E-state index is -0.112. The van der Waals surface area contributed by atoms with E-state index in [4.69, 9.17) is 28.6 Å². The molecule has 3 rings (SSSR count). The van der Waals surface area contributed by atoms with Crippen LogP contribution >= 0.6 is 35.6 Å². The smallest absolute Gasteiger partial charge is 0.156 e. The predicted octanol–water partition coefficient (Wildman–Crippen LogP) is 6.70. The summed E-state index contributed by atoms with van der Waals surface area (Å²) in [6.07, 6.45) is 8.30. The molecule has 1 atom stereocenters. The molecule has 1 aliphatic rings. The SMILES string of the molecule is CC.CCNC(=S)S/C(C=O)=C\C1=CCC(c2ccccc2Cl)O1.c1ccoc1. The first-order valence-electron chi connectivity index (χ1n) is 9.35. The highest BCUT2D eigenvalue weighted by Gasteiger charge is 2.21. The molecule has 1 N–H and O–H groups in total. The van der Waals surface area contributed by atoms with Gasteiger partial charge >= 0.3 is 0 Å². The third kappa shape index (κ3) is 9.35. The average Bonchev–Trinajstić information content (AvgIpc) is 3.45. The van der Waals surface area contributed by atoms with E-state index >= 15 is 0 Å². The van der Waals surface area contributed by atoms with E-state index in [9.17, 15) is 4.79 Å². The molecule has 1 unspecified atom stereocenters. The summed E-state index contributed by atoms with van der Waals surface area (Å²) in [5.41, 5.74) is 0.951. The van der Waals surface area contributed by atoms with Crippen LogP contribution in [0.25, 0.3) is 0 Å². The second kappa shape index (κ2) is 14.9. The quantitative estimate of drug-likeness (QED) is 0.310. The van der Waals surface area contributed by atoms with Gasteiger partial charge in [0.25, 0.3) is 0 Å². The van der Waals surface area contributed by atoms with Gasteiger partial charge in [-0.25, -0.2) is 0 Å². The summed E-state index contributed by atoms with van der Waals surface area (Å²) in [6, 6.07) is 11.3. The van der Waals surface area contributed by atoms with E-state index in [0.717, 1.165) is 24.8 Å². The minimum Gasteiger partial charge on any atom is -0.486 e. The number of nitrogens with one attached hydrogen (secondary N) is 1. The van der Waals surface area contributed by atoms with Gasteiger partial charge in [0, 0.05) is 23.6 Å². The molecule has 29 heavy (non-hydrogen) atoms. The van der Waals surface area contributed by atoms with Crippen molar-refractivity contribution in [2.24, 2.45) is 0 Å². The van der Waals surface area contributed by atoms with Crippen LogP contribution in [0.2, 0.25) is 5.02 Å². The summed E-state index contributed by atoms with van der Waals surface area (Å²) in [6.45, 7) is 6.68. The van der Waals surface area contributed by atoms with Crippen molar-refractivity contribution >= 4 is 46.2 Å². The number of thiocarbonyl (C=S) groups is 1. The van der Waals surface area contributed by atoms with Gasteiger partial charge in [-0.1, -0.05) is 67.6 Å². The lowest BCUT2D eigenvalue weighted by Crippen LogP contribution is -2.17. The van der Waals surface area contributed by atoms with Gasteiger partial charge in [-0.2, -0.15) is 0 Å². The summed E-state index contributed by atoms with van der Waals surface area (Å²) in [4.78, 5) is 11.7. The van der Waals surface area contributed by atoms with E-state index in [1.807, 2.05) is 63.2 Å². The molecule has 1 aromatic carbocycles. The molecule has 2 aromatic rings. The van der Waals surface area contributed by atoms with Crippen molar-refractivity contribution in [3.63, 3.8) is 0 Å². The Morgan fingerprint density at radius 2 is 1.97 bits per heavy atom. The summed E-state index contributed by atoms with van der Waals surface area (Å²) < 4.78 is 11.0. The Morgan fingerprint density at radius 3 is 2.52 bits per heavy atom. The van der Waals surface area contributed by atoms with Crippen LogP contribution in [-0.4, -0.2) is 17.2 Å². The number of furan rings is 1. The van der Waals surface area contributed by atoms with Crippen LogP contribution in [0.3, 0.4) is 0 Å². The van der Waals surface area contributed by atoms with Gasteiger partial charge in [0.1, 0.15) is 16.2 Å². The molecular formula is C22H26ClNO3S2. The Kier molecular flexibility index (Phi) is 12.9. The van der Waals surface area contributed by atoms with Crippen molar-refractivity contribution in [2.75, 3.05) is 6.54 Å². The maximum atomic E-state index is 11.2. The van der Waals surface area contributed by atoms with Crippen molar-refractivity contribution in [2.45, 2.75) is 33.3 Å². The molecule has 156 valence electrons. The second-order valence-corrected chi connectivity index (χ2v) is 7.51. The highest BCUT2D eigenvalue weighted by molar-refractivity contribution is 8.25. The van der Waals surface area contributed by atoms with Gasteiger partial charge in [0.15, 0.2) is 6.29 Å². The maximum absolute atomic E-state index is 11.2. The zero-order chi connectivity index (χ0) is 21.5. The number of allylic oxidation sites excluding steroid dienone is 2. The average molecular weight is 452 g/mol. The van der Waals surface area contributed by atoms with Crippen LogP contribution in [0.4, 0.5) is 0 Å². The van der Waals surface area contributed by atoms with E-state index in [0.29, 0.717) is 20.0 Å². The molecule has 0 radical (unpaired) electrons. The number of hydrogen-bond donors (Lipinski definition) is 1. The van der Waals surface area contributed by atoms with Crippen LogP contribution in [0.15, 0.2) is 76.2 Å². The number of hydrogen-bond acceptors (Lipinski definition) is 5. The highest BCUT2D eigenvalue weighted by atomic mass is 35.5. The van der Waals surface area contributed by atoms with Crippen LogP contribution < -0.4 is 5.32 Å². The van der Waals surface area contributed by atoms with Gasteiger partial charge in [-0.3, -0.25) is 4.79 Å². The summed E-state index contributed by atoms with van der Waals surface area (Å²) in [5, 5.41) is 3.68. The number of rotatable bonds is 5. The first-order chi connectivity index (χ1) is 14.1. The van der Waals surface area contributed by atoms with Gasteiger partial charge < -0.3 is 14.5 Å². The predicted molar refractivity (Wildman–Crippen MR) is 126 cm³/mol. The van der Waals surface area contributed by atoms with Crippen molar-refractivity contribution < 1.29 is 13.9 Å². The van der Waals surface area contributed by atoms with Crippen molar-refractivity contribution in [1.29, 1.82) is 0 Å². The lowest BCUT2D eigenvalue weighted by Gasteiger charge is -2.14. The molecule has 1 aliphatic heterocycles. The van der Waals surface area contributed by atoms with Crippen LogP contribution in [-0.2, 0) is 9.53 Å². The number of thioether (sulfide) groups is 1. The number of halogens is 1. The Morgan fingerprint density at radius 1 is 1.28 bits per heavy atom. The van der Waals surface area contributed by atoms with E-state index in [1.54, 1.807) is 18.6 Å². The Labute approximate surface area is 187 Å². The van der Waals surface area contributed by atoms with Gasteiger partial charge in [-0.15, -0.1) is 0 Å². The number of benzene rings is 1. The number of carbonyl (C=O) groups excluding carboxylic acids is 1. The molecule has 0 saturated heterocycles. The molecular weight excluding hydrogens is 426 g/mol. The zero-order valence-electron chi connectivity index (χ0n) is 16.8. The van der Waals surface area contributed by atoms with E-state index in [2.05, 4.69) is 9.73 Å². The van der Waals surface area contributed by atoms with Gasteiger partial charge in [0.05, 0.1) is 17.4 Å². The second-order valence-electron chi connectivity index (χ2n) is 5.35. The third-order valence-electron chi connectivity index (χ3n) is 3.42. The summed E-state index contributed by atoms with van der Waals surface area (Å²) in [5.74, 6) is 0.666. The zero-order valence-corrected chi connectivity index (χ0v) is 19.2. The Bertz CT molecular complexity index is 787. The first-order valence-corrected chi connectivity index (χ1v) is 10.9. The third-order valence-corrected chi connectivity index (χ3v) is 4.94. The molecule has 1 aromatic heterocycles. The van der Waals surface area contributed by atoms with Crippen LogP contribution in [0.1, 0.15) is 38.9 Å². The van der Waals surface area contributed by atoms with Crippen LogP contribution in [0.5, 0.6) is 0 Å². The Balaban J connectivity index is 0.000000512. The van der Waals surface area contributed by atoms with Crippen LogP contribution in [0, 0.1) is 0 Å². The number of carbonyl (C=O) groups is 1. The molecule has 0 spiro atoms. The lowest BCUT2D eigenvalue weighted by molar-refractivity contribution is -0.104. The fraction of sp³-hybridized carbons (Fsp3) is 0.273. The fourth-order valence-corrected chi connectivity index (χ4v) is 3.59. The maximum Gasteiger partial charge on any atom is 0.156 e. The normalized spacial score (nSPS) is 15.0. The van der Waals surface area contributed by atoms with Crippen molar-refractivity contribution in [3.8, 4) is 0 Å². The molecule has 0 aliphatic carbocycles. The molecule has 4 nitrogen and oxygen atoms in total. The molecule has 7 heteroatoms.